The van der Waals surface area contributed by atoms with Crippen LogP contribution in [0.3, 0.4) is 0 Å². The van der Waals surface area contributed by atoms with E-state index in [4.69, 9.17) is 0 Å². The molecular weight excluding hydrogens is 274 g/mol. The smallest absolute Gasteiger partial charge is 0.244 e. The van der Waals surface area contributed by atoms with E-state index in [9.17, 15) is 8.42 Å². The number of hydrogen-bond donors (Lipinski definition) is 2. The number of nitrogens with one attached hydrogen (secondary N) is 2. The van der Waals surface area contributed by atoms with E-state index in [1.165, 1.54) is 19.3 Å². The lowest BCUT2D eigenvalue weighted by Crippen LogP contribution is -2.45. The molecule has 5 nitrogen and oxygen atoms in total. The van der Waals surface area contributed by atoms with Gasteiger partial charge in [0.1, 0.15) is 0 Å². The number of sulfonamides is 1. The summed E-state index contributed by atoms with van der Waals surface area (Å²) in [5.41, 5.74) is 0.908. The third-order valence-corrected chi connectivity index (χ3v) is 6.53. The fourth-order valence-corrected chi connectivity index (χ4v) is 5.48. The van der Waals surface area contributed by atoms with Crippen LogP contribution in [0.15, 0.2) is 17.2 Å². The van der Waals surface area contributed by atoms with E-state index in [-0.39, 0.29) is 6.04 Å². The number of H-pyrrole nitrogens is 1. The molecule has 2 N–H and O–H groups in total. The zero-order chi connectivity index (χ0) is 14.2. The molecule has 2 atom stereocenters. The Morgan fingerprint density at radius 3 is 2.95 bits per heavy atom. The molecular formula is C14H23N3O2S. The maximum absolute atomic E-state index is 12.8. The van der Waals surface area contributed by atoms with Crippen molar-refractivity contribution in [1.82, 2.24) is 14.6 Å². The molecule has 1 aromatic rings. The zero-order valence-corrected chi connectivity index (χ0v) is 12.7. The first-order valence-corrected chi connectivity index (χ1v) is 8.90. The molecule has 1 saturated carbocycles. The zero-order valence-electron chi connectivity index (χ0n) is 11.9. The van der Waals surface area contributed by atoms with Crippen LogP contribution >= 0.6 is 0 Å². The van der Waals surface area contributed by atoms with E-state index in [0.29, 0.717) is 23.9 Å². The van der Waals surface area contributed by atoms with Crippen molar-refractivity contribution in [3.8, 4) is 0 Å². The Labute approximate surface area is 120 Å². The molecule has 0 spiro atoms. The van der Waals surface area contributed by atoms with Crippen LogP contribution in [0.2, 0.25) is 0 Å². The van der Waals surface area contributed by atoms with Crippen molar-refractivity contribution in [2.45, 2.75) is 49.6 Å². The summed E-state index contributed by atoms with van der Waals surface area (Å²) in [4.78, 5) is 3.46. The average molecular weight is 297 g/mol. The van der Waals surface area contributed by atoms with Crippen LogP contribution in [-0.2, 0) is 16.6 Å². The number of aromatic amines is 1. The van der Waals surface area contributed by atoms with Gasteiger partial charge in [-0.2, -0.15) is 4.31 Å². The molecule has 6 heteroatoms. The van der Waals surface area contributed by atoms with Crippen molar-refractivity contribution >= 4 is 10.0 Å². The van der Waals surface area contributed by atoms with Gasteiger partial charge in [-0.3, -0.25) is 0 Å². The van der Waals surface area contributed by atoms with Crippen molar-refractivity contribution in [3.05, 3.63) is 18.0 Å². The van der Waals surface area contributed by atoms with Crippen LogP contribution in [-0.4, -0.2) is 37.3 Å². The third kappa shape index (κ3) is 2.40. The molecule has 2 unspecified atom stereocenters. The van der Waals surface area contributed by atoms with E-state index in [1.807, 2.05) is 7.05 Å². The lowest BCUT2D eigenvalue weighted by Gasteiger charge is -2.36. The fraction of sp³-hybridized carbons (Fsp3) is 0.714. The Kier molecular flexibility index (Phi) is 3.88. The second-order valence-electron chi connectivity index (χ2n) is 5.91. The monoisotopic (exact) mass is 297 g/mol. The number of aromatic nitrogens is 1. The first-order chi connectivity index (χ1) is 9.63. The van der Waals surface area contributed by atoms with Crippen molar-refractivity contribution in [3.63, 3.8) is 0 Å². The standard InChI is InChI=1S/C14H23N3O2S/c1-15-9-12-8-13(10-16-12)20(18,19)17-7-3-5-11-4-2-6-14(11)17/h8,10-11,14-16H,2-7,9H2,1H3. The van der Waals surface area contributed by atoms with Gasteiger partial charge in [0.05, 0.1) is 4.90 Å². The van der Waals surface area contributed by atoms with Gasteiger partial charge >= 0.3 is 0 Å². The SMILES string of the molecule is CNCc1cc(S(=O)(=O)N2CCCC3CCCC32)c[nH]1. The van der Waals surface area contributed by atoms with Gasteiger partial charge in [0, 0.05) is 31.0 Å². The molecule has 2 heterocycles. The Balaban J connectivity index is 1.86. The van der Waals surface area contributed by atoms with E-state index < -0.39 is 10.0 Å². The van der Waals surface area contributed by atoms with Gasteiger partial charge in [0.2, 0.25) is 10.0 Å². The molecule has 0 aromatic carbocycles. The first kappa shape index (κ1) is 14.1. The highest BCUT2D eigenvalue weighted by atomic mass is 32.2. The van der Waals surface area contributed by atoms with Crippen molar-refractivity contribution in [2.75, 3.05) is 13.6 Å². The minimum atomic E-state index is -3.34. The maximum Gasteiger partial charge on any atom is 0.244 e. The largest absolute Gasteiger partial charge is 0.363 e. The average Bonchev–Trinajstić information content (AvgIpc) is 3.06. The van der Waals surface area contributed by atoms with Gasteiger partial charge in [-0.05, 0) is 44.7 Å². The molecule has 112 valence electrons. The lowest BCUT2D eigenvalue weighted by molar-refractivity contribution is 0.202. The Bertz CT molecular complexity index is 567. The molecule has 1 aliphatic heterocycles. The van der Waals surface area contributed by atoms with Crippen LogP contribution in [0.25, 0.3) is 0 Å². The molecule has 2 fully saturated rings. The van der Waals surface area contributed by atoms with E-state index in [2.05, 4.69) is 10.3 Å². The first-order valence-electron chi connectivity index (χ1n) is 7.46. The predicted octanol–water partition coefficient (Wildman–Crippen LogP) is 1.69. The highest BCUT2D eigenvalue weighted by Crippen LogP contribution is 2.39. The van der Waals surface area contributed by atoms with Crippen molar-refractivity contribution in [1.29, 1.82) is 0 Å². The lowest BCUT2D eigenvalue weighted by atomic mass is 9.94. The molecule has 1 aliphatic carbocycles. The molecule has 3 rings (SSSR count). The summed E-state index contributed by atoms with van der Waals surface area (Å²) in [6.45, 7) is 1.33. The van der Waals surface area contributed by atoms with Crippen LogP contribution < -0.4 is 5.32 Å². The topological polar surface area (TPSA) is 65.2 Å². The van der Waals surface area contributed by atoms with E-state index in [0.717, 1.165) is 18.5 Å². The molecule has 2 aliphatic rings. The third-order valence-electron chi connectivity index (χ3n) is 4.63. The molecule has 0 bridgehead atoms. The van der Waals surface area contributed by atoms with Gasteiger partial charge in [0.15, 0.2) is 0 Å². The number of piperidine rings is 1. The molecule has 20 heavy (non-hydrogen) atoms. The van der Waals surface area contributed by atoms with Crippen molar-refractivity contribution < 1.29 is 8.42 Å². The molecule has 0 amide bonds. The van der Waals surface area contributed by atoms with Gasteiger partial charge in [-0.15, -0.1) is 0 Å². The number of fused-ring (bicyclic) bond motifs is 1. The Morgan fingerprint density at radius 1 is 1.35 bits per heavy atom. The number of hydrogen-bond acceptors (Lipinski definition) is 3. The molecule has 1 saturated heterocycles. The Morgan fingerprint density at radius 2 is 2.15 bits per heavy atom. The van der Waals surface area contributed by atoms with Crippen LogP contribution in [0.4, 0.5) is 0 Å². The minimum absolute atomic E-state index is 0.233. The van der Waals surface area contributed by atoms with Crippen LogP contribution in [0.5, 0.6) is 0 Å². The van der Waals surface area contributed by atoms with Gasteiger partial charge in [-0.25, -0.2) is 8.42 Å². The molecule has 1 aromatic heterocycles. The predicted molar refractivity (Wildman–Crippen MR) is 77.8 cm³/mol. The quantitative estimate of drug-likeness (QED) is 0.889. The highest BCUT2D eigenvalue weighted by Gasteiger charge is 2.41. The minimum Gasteiger partial charge on any atom is -0.363 e. The summed E-state index contributed by atoms with van der Waals surface area (Å²) in [6, 6.07) is 1.99. The second-order valence-corrected chi connectivity index (χ2v) is 7.80. The summed E-state index contributed by atoms with van der Waals surface area (Å²) in [6.07, 6.45) is 7.19. The van der Waals surface area contributed by atoms with Gasteiger partial charge in [-0.1, -0.05) is 6.42 Å². The van der Waals surface area contributed by atoms with Crippen LogP contribution in [0.1, 0.15) is 37.8 Å². The van der Waals surface area contributed by atoms with E-state index >= 15 is 0 Å². The van der Waals surface area contributed by atoms with Crippen LogP contribution in [0, 0.1) is 5.92 Å². The second kappa shape index (κ2) is 5.50. The summed E-state index contributed by atoms with van der Waals surface area (Å²) in [5.74, 6) is 0.578. The molecule has 0 radical (unpaired) electrons. The fourth-order valence-electron chi connectivity index (χ4n) is 3.70. The Hall–Kier alpha value is -0.850. The maximum atomic E-state index is 12.8. The normalized spacial score (nSPS) is 27.6. The summed E-state index contributed by atoms with van der Waals surface area (Å²) >= 11 is 0. The van der Waals surface area contributed by atoms with E-state index in [1.54, 1.807) is 16.6 Å². The van der Waals surface area contributed by atoms with Gasteiger partial charge in [0.25, 0.3) is 0 Å². The number of nitrogens with zero attached hydrogens (tertiary/aromatic N) is 1. The van der Waals surface area contributed by atoms with Crippen molar-refractivity contribution in [2.24, 2.45) is 5.92 Å². The number of rotatable bonds is 4. The highest BCUT2D eigenvalue weighted by molar-refractivity contribution is 7.89. The van der Waals surface area contributed by atoms with Gasteiger partial charge < -0.3 is 10.3 Å². The summed E-state index contributed by atoms with van der Waals surface area (Å²) in [7, 11) is -1.49. The summed E-state index contributed by atoms with van der Waals surface area (Å²) < 4.78 is 27.4. The summed E-state index contributed by atoms with van der Waals surface area (Å²) in [5, 5.41) is 3.03.